The molecular weight excluding hydrogens is 331 g/mol. The number of hydrogen-bond acceptors (Lipinski definition) is 4. The van der Waals surface area contributed by atoms with Gasteiger partial charge in [0.2, 0.25) is 0 Å². The molecule has 0 bridgehead atoms. The summed E-state index contributed by atoms with van der Waals surface area (Å²) in [5, 5.41) is 25.4. The zero-order valence-corrected chi connectivity index (χ0v) is 14.1. The van der Waals surface area contributed by atoms with Crippen LogP contribution in [0.2, 0.25) is 0 Å². The number of carboxylic acids is 3. The molecule has 0 aliphatic rings. The van der Waals surface area contributed by atoms with E-state index in [1.807, 2.05) is 0 Å². The van der Waals surface area contributed by atoms with E-state index in [0.717, 1.165) is 6.92 Å². The van der Waals surface area contributed by atoms with Crippen LogP contribution in [0.3, 0.4) is 0 Å². The van der Waals surface area contributed by atoms with Crippen LogP contribution in [0.25, 0.3) is 0 Å². The number of aliphatic carboxylic acids is 3. The van der Waals surface area contributed by atoms with E-state index in [-0.39, 0.29) is 19.3 Å². The van der Waals surface area contributed by atoms with Crippen molar-refractivity contribution in [2.24, 2.45) is 11.3 Å². The van der Waals surface area contributed by atoms with Crippen LogP contribution in [0.5, 0.6) is 0 Å². The molecule has 0 amide bonds. The van der Waals surface area contributed by atoms with Crippen LogP contribution >= 0.6 is 7.60 Å². The van der Waals surface area contributed by atoms with Gasteiger partial charge in [0.1, 0.15) is 5.41 Å². The molecule has 0 aliphatic heterocycles. The number of rotatable bonds is 10. The summed E-state index contributed by atoms with van der Waals surface area (Å²) in [7, 11) is -5.52. The fourth-order valence-electron chi connectivity index (χ4n) is 3.09. The van der Waals surface area contributed by atoms with E-state index in [1.54, 1.807) is 6.92 Å². The van der Waals surface area contributed by atoms with Crippen LogP contribution in [0.1, 0.15) is 46.5 Å². The Labute approximate surface area is 133 Å². The lowest BCUT2D eigenvalue weighted by Crippen LogP contribution is -2.61. The lowest BCUT2D eigenvalue weighted by molar-refractivity contribution is -0.171. The van der Waals surface area contributed by atoms with Crippen molar-refractivity contribution in [2.75, 3.05) is 0 Å². The Hall–Kier alpha value is -1.44. The summed E-state index contributed by atoms with van der Waals surface area (Å²) in [6.45, 7) is 3.80. The van der Waals surface area contributed by atoms with Gasteiger partial charge in [-0.05, 0) is 19.8 Å². The highest BCUT2D eigenvalue weighted by Crippen LogP contribution is 2.64. The normalized spacial score (nSPS) is 18.5. The summed E-state index contributed by atoms with van der Waals surface area (Å²) < 4.78 is 12.0. The van der Waals surface area contributed by atoms with E-state index >= 15 is 0 Å². The van der Waals surface area contributed by atoms with Crippen LogP contribution < -0.4 is 0 Å². The lowest BCUT2D eigenvalue weighted by Gasteiger charge is -2.45. The van der Waals surface area contributed by atoms with Crippen molar-refractivity contribution in [1.82, 2.24) is 0 Å². The molecule has 0 saturated carbocycles. The molecule has 23 heavy (non-hydrogen) atoms. The molecule has 134 valence electrons. The van der Waals surface area contributed by atoms with Crippen molar-refractivity contribution in [3.05, 3.63) is 0 Å². The van der Waals surface area contributed by atoms with Gasteiger partial charge in [0.05, 0.1) is 5.92 Å². The predicted octanol–water partition coefficient (Wildman–Crippen LogP) is 1.38. The first kappa shape index (κ1) is 21.6. The molecule has 0 aliphatic carbocycles. The summed E-state index contributed by atoms with van der Waals surface area (Å²) in [4.78, 5) is 54.5. The molecule has 10 heteroatoms. The molecular formula is C13H23O9P. The molecule has 0 saturated heterocycles. The van der Waals surface area contributed by atoms with Crippen LogP contribution in [0.15, 0.2) is 0 Å². The Morgan fingerprint density at radius 3 is 1.70 bits per heavy atom. The van der Waals surface area contributed by atoms with Crippen molar-refractivity contribution in [2.45, 2.75) is 51.6 Å². The molecule has 0 spiro atoms. The van der Waals surface area contributed by atoms with Gasteiger partial charge in [-0.3, -0.25) is 18.9 Å². The van der Waals surface area contributed by atoms with E-state index in [1.165, 1.54) is 6.92 Å². The molecule has 0 rings (SSSR count). The first-order chi connectivity index (χ1) is 10.3. The highest BCUT2D eigenvalue weighted by Gasteiger charge is 2.71. The zero-order chi connectivity index (χ0) is 18.6. The fraction of sp³-hybridized carbons (Fsp3) is 0.769. The summed E-state index contributed by atoms with van der Waals surface area (Å²) in [6, 6.07) is 0. The van der Waals surface area contributed by atoms with Crippen LogP contribution in [0, 0.1) is 11.3 Å². The van der Waals surface area contributed by atoms with Crippen molar-refractivity contribution in [1.29, 1.82) is 0 Å². The molecule has 9 nitrogen and oxygen atoms in total. The Bertz CT molecular complexity index is 526. The summed E-state index contributed by atoms with van der Waals surface area (Å²) in [5.74, 6) is -7.25. The average Bonchev–Trinajstić information content (AvgIpc) is 2.38. The fourth-order valence-corrected chi connectivity index (χ4v) is 4.71. The van der Waals surface area contributed by atoms with Gasteiger partial charge in [-0.2, -0.15) is 0 Å². The summed E-state index contributed by atoms with van der Waals surface area (Å²) in [5.41, 5.74) is -2.68. The molecule has 3 unspecified atom stereocenters. The maximum atomic E-state index is 12.0. The van der Waals surface area contributed by atoms with Gasteiger partial charge in [-0.25, -0.2) is 0 Å². The van der Waals surface area contributed by atoms with Gasteiger partial charge < -0.3 is 25.1 Å². The number of carbonyl (C=O) groups is 3. The minimum atomic E-state index is -5.52. The van der Waals surface area contributed by atoms with Gasteiger partial charge in [0.15, 0.2) is 5.16 Å². The van der Waals surface area contributed by atoms with E-state index in [2.05, 4.69) is 0 Å². The second-order valence-corrected chi connectivity index (χ2v) is 7.50. The van der Waals surface area contributed by atoms with Crippen LogP contribution in [-0.2, 0) is 18.9 Å². The minimum Gasteiger partial charge on any atom is -0.481 e. The van der Waals surface area contributed by atoms with Crippen molar-refractivity contribution >= 4 is 25.5 Å². The molecule has 0 aromatic carbocycles. The molecule has 0 aromatic heterocycles. The van der Waals surface area contributed by atoms with Crippen LogP contribution in [0.4, 0.5) is 0 Å². The monoisotopic (exact) mass is 354 g/mol. The zero-order valence-electron chi connectivity index (χ0n) is 13.2. The number of hydrogen-bond donors (Lipinski definition) is 5. The first-order valence-electron chi connectivity index (χ1n) is 7.09. The first-order valence-corrected chi connectivity index (χ1v) is 8.71. The van der Waals surface area contributed by atoms with Gasteiger partial charge in [0, 0.05) is 0 Å². The van der Waals surface area contributed by atoms with Gasteiger partial charge in [0.25, 0.3) is 0 Å². The third-order valence-corrected chi connectivity index (χ3v) is 6.21. The highest BCUT2D eigenvalue weighted by molar-refractivity contribution is 7.55. The number of carboxylic acid groups (broad SMARTS) is 3. The van der Waals surface area contributed by atoms with Crippen molar-refractivity contribution in [3.63, 3.8) is 0 Å². The summed E-state index contributed by atoms with van der Waals surface area (Å²) >= 11 is 0. The second-order valence-electron chi connectivity index (χ2n) is 5.65. The smallest absolute Gasteiger partial charge is 0.344 e. The Morgan fingerprint density at radius 2 is 1.48 bits per heavy atom. The average molecular weight is 354 g/mol. The van der Waals surface area contributed by atoms with Gasteiger partial charge >= 0.3 is 25.5 Å². The molecule has 0 aromatic rings. The molecule has 0 radical (unpaired) electrons. The third kappa shape index (κ3) is 3.41. The van der Waals surface area contributed by atoms with E-state index in [9.17, 15) is 44.1 Å². The van der Waals surface area contributed by atoms with Gasteiger partial charge in [-0.15, -0.1) is 0 Å². The highest BCUT2D eigenvalue weighted by atomic mass is 31.2. The molecule has 5 N–H and O–H groups in total. The maximum absolute atomic E-state index is 12.0. The largest absolute Gasteiger partial charge is 0.481 e. The third-order valence-electron chi connectivity index (χ3n) is 4.34. The summed E-state index contributed by atoms with van der Waals surface area (Å²) in [6.07, 6.45) is -0.721. The van der Waals surface area contributed by atoms with E-state index in [0.29, 0.717) is 0 Å². The van der Waals surface area contributed by atoms with Crippen molar-refractivity contribution < 1.29 is 44.1 Å². The van der Waals surface area contributed by atoms with E-state index in [4.69, 9.17) is 0 Å². The standard InChI is InChI=1S/C13H23O9P/c1-4-6-8(9(14)15)12(3,10(16)17)13(7-5-2,11(18)19)23(20,21)22/h8H,4-7H2,1-3H3,(H,14,15)(H,16,17)(H,18,19)(H2,20,21,22). The molecule has 0 fully saturated rings. The SMILES string of the molecule is CCCC(C(=O)O)C(C)(C(=O)O)C(CCC)(C(=O)O)P(=O)(O)O. The maximum Gasteiger partial charge on any atom is 0.344 e. The Morgan fingerprint density at radius 1 is 1.00 bits per heavy atom. The Balaban J connectivity index is 6.85. The lowest BCUT2D eigenvalue weighted by atomic mass is 9.64. The van der Waals surface area contributed by atoms with E-state index < -0.39 is 48.4 Å². The predicted molar refractivity (Wildman–Crippen MR) is 79.1 cm³/mol. The topological polar surface area (TPSA) is 169 Å². The minimum absolute atomic E-state index is 0.0429. The molecule has 3 atom stereocenters. The van der Waals surface area contributed by atoms with Gasteiger partial charge in [-0.1, -0.05) is 26.7 Å². The second kappa shape index (κ2) is 7.42. The van der Waals surface area contributed by atoms with Crippen LogP contribution in [-0.4, -0.2) is 48.2 Å². The van der Waals surface area contributed by atoms with Crippen molar-refractivity contribution in [3.8, 4) is 0 Å². The molecule has 0 heterocycles. The Kier molecular flexibility index (Phi) is 6.96. The quantitative estimate of drug-likeness (QED) is 0.364.